The van der Waals surface area contributed by atoms with E-state index in [1.807, 2.05) is 0 Å². The number of halogens is 4. The van der Waals surface area contributed by atoms with Crippen LogP contribution in [0.2, 0.25) is 0 Å². The Morgan fingerprint density at radius 1 is 1.11 bits per heavy atom. The van der Waals surface area contributed by atoms with Crippen molar-refractivity contribution >= 4 is 17.6 Å². The molecule has 1 saturated heterocycles. The average Bonchev–Trinajstić information content (AvgIpc) is 3.32. The second-order valence-corrected chi connectivity index (χ2v) is 8.18. The minimum Gasteiger partial charge on any atom is -0.336 e. The van der Waals surface area contributed by atoms with Gasteiger partial charge in [-0.05, 0) is 67.9 Å². The van der Waals surface area contributed by atoms with Crippen molar-refractivity contribution in [3.05, 3.63) is 95.3 Å². The highest BCUT2D eigenvalue weighted by molar-refractivity contribution is 6.10. The van der Waals surface area contributed by atoms with Crippen molar-refractivity contribution in [2.45, 2.75) is 31.5 Å². The van der Waals surface area contributed by atoms with Crippen LogP contribution in [0.4, 0.5) is 17.6 Å². The second-order valence-electron chi connectivity index (χ2n) is 8.18. The van der Waals surface area contributed by atoms with E-state index in [1.54, 1.807) is 0 Å². The van der Waals surface area contributed by atoms with Crippen LogP contribution in [-0.2, 0) is 0 Å². The number of carbonyl (C=O) groups excluding carboxylic acids is 1. The highest BCUT2D eigenvalue weighted by Crippen LogP contribution is 2.32. The van der Waals surface area contributed by atoms with Gasteiger partial charge in [-0.3, -0.25) is 9.69 Å². The van der Waals surface area contributed by atoms with Crippen LogP contribution in [0.15, 0.2) is 66.9 Å². The smallest absolute Gasteiger partial charge is 0.336 e. The second kappa shape index (κ2) is 11.7. The van der Waals surface area contributed by atoms with E-state index in [4.69, 9.17) is 5.41 Å². The van der Waals surface area contributed by atoms with Crippen molar-refractivity contribution in [1.82, 2.24) is 14.9 Å². The number of aromatic amines is 1. The molecule has 0 aliphatic carbocycles. The lowest BCUT2D eigenvalue weighted by Gasteiger charge is -2.32. The number of aldehydes is 1. The van der Waals surface area contributed by atoms with Crippen molar-refractivity contribution in [2.75, 3.05) is 13.6 Å². The SMILES string of the molecule is CN1CCCCC1c1ccccc1.N=C(/C=C(\c1ncc(C=O)[nH]1)C(F)(F)F)c1ccc(F)cc1. The first-order chi connectivity index (χ1) is 16.7. The lowest BCUT2D eigenvalue weighted by Crippen LogP contribution is -2.29. The van der Waals surface area contributed by atoms with Crippen molar-refractivity contribution in [2.24, 2.45) is 0 Å². The number of carbonyl (C=O) groups is 1. The summed E-state index contributed by atoms with van der Waals surface area (Å²) in [4.78, 5) is 18.7. The number of aromatic nitrogens is 2. The van der Waals surface area contributed by atoms with E-state index in [1.165, 1.54) is 43.5 Å². The standard InChI is InChI=1S/C14H9F4N3O.C12H17N/c15-9-3-1-8(2-4-9)12(19)5-11(14(16,17)18)13-20-6-10(7-22)21-13;1-13-10-6-5-9-12(13)11-7-3-2-4-8-11/h1-7,19H,(H,20,21);2-4,7-8,12H,5-6,9-10H2,1H3/b11-5+,19-12?;. The molecule has 1 fully saturated rings. The van der Waals surface area contributed by atoms with Crippen LogP contribution in [0, 0.1) is 11.2 Å². The zero-order valence-electron chi connectivity index (χ0n) is 19.1. The van der Waals surface area contributed by atoms with Gasteiger partial charge >= 0.3 is 6.18 Å². The number of alkyl halides is 3. The molecule has 9 heteroatoms. The van der Waals surface area contributed by atoms with Gasteiger partial charge in [-0.15, -0.1) is 0 Å². The zero-order chi connectivity index (χ0) is 25.4. The largest absolute Gasteiger partial charge is 0.420 e. The van der Waals surface area contributed by atoms with E-state index in [9.17, 15) is 22.4 Å². The molecule has 2 heterocycles. The van der Waals surface area contributed by atoms with Crippen LogP contribution in [0.3, 0.4) is 0 Å². The molecule has 1 aromatic heterocycles. The number of H-pyrrole nitrogens is 1. The Bertz CT molecular complexity index is 1150. The predicted molar refractivity (Wildman–Crippen MR) is 127 cm³/mol. The maximum atomic E-state index is 13.1. The molecule has 1 aliphatic rings. The fraction of sp³-hybridized carbons (Fsp3) is 0.269. The van der Waals surface area contributed by atoms with Crippen LogP contribution in [0.5, 0.6) is 0 Å². The summed E-state index contributed by atoms with van der Waals surface area (Å²) in [5, 5.41) is 7.70. The van der Waals surface area contributed by atoms with E-state index in [-0.39, 0.29) is 11.3 Å². The Morgan fingerprint density at radius 3 is 2.37 bits per heavy atom. The summed E-state index contributed by atoms with van der Waals surface area (Å²) in [5.41, 5.74) is -0.181. The molecule has 1 aliphatic heterocycles. The first-order valence-corrected chi connectivity index (χ1v) is 11.1. The molecular weight excluding hydrogens is 460 g/mol. The summed E-state index contributed by atoms with van der Waals surface area (Å²) < 4.78 is 52.1. The Kier molecular flexibility index (Phi) is 8.70. The third-order valence-corrected chi connectivity index (χ3v) is 5.68. The molecule has 35 heavy (non-hydrogen) atoms. The lowest BCUT2D eigenvalue weighted by atomic mass is 9.96. The van der Waals surface area contributed by atoms with E-state index >= 15 is 0 Å². The number of likely N-dealkylation sites (tertiary alicyclic amines) is 1. The minimum absolute atomic E-state index is 0.113. The Morgan fingerprint density at radius 2 is 1.80 bits per heavy atom. The van der Waals surface area contributed by atoms with Crippen LogP contribution in [0.1, 0.15) is 52.7 Å². The normalized spacial score (nSPS) is 16.8. The van der Waals surface area contributed by atoms with E-state index < -0.39 is 29.1 Å². The molecule has 0 radical (unpaired) electrons. The van der Waals surface area contributed by atoms with Crippen molar-refractivity contribution in [3.63, 3.8) is 0 Å². The first-order valence-electron chi connectivity index (χ1n) is 11.1. The molecule has 0 amide bonds. The molecule has 2 N–H and O–H groups in total. The summed E-state index contributed by atoms with van der Waals surface area (Å²) >= 11 is 0. The van der Waals surface area contributed by atoms with Crippen LogP contribution >= 0.6 is 0 Å². The number of allylic oxidation sites excluding steroid dienone is 2. The van der Waals surface area contributed by atoms with Gasteiger partial charge in [-0.2, -0.15) is 13.2 Å². The Hall–Kier alpha value is -3.59. The highest BCUT2D eigenvalue weighted by Gasteiger charge is 2.37. The molecule has 1 unspecified atom stereocenters. The van der Waals surface area contributed by atoms with Crippen molar-refractivity contribution < 1.29 is 22.4 Å². The van der Waals surface area contributed by atoms with E-state index in [2.05, 4.69) is 52.2 Å². The zero-order valence-corrected chi connectivity index (χ0v) is 19.1. The molecule has 0 bridgehead atoms. The van der Waals surface area contributed by atoms with E-state index in [0.29, 0.717) is 18.4 Å². The molecule has 4 rings (SSSR count). The van der Waals surface area contributed by atoms with Gasteiger partial charge in [0.2, 0.25) is 0 Å². The monoisotopic (exact) mass is 486 g/mol. The Labute approximate surface area is 201 Å². The topological polar surface area (TPSA) is 72.8 Å². The number of nitrogens with one attached hydrogen (secondary N) is 2. The van der Waals surface area contributed by atoms with Crippen molar-refractivity contribution in [3.8, 4) is 0 Å². The molecular formula is C26H26F4N4O. The predicted octanol–water partition coefficient (Wildman–Crippen LogP) is 6.22. The summed E-state index contributed by atoms with van der Waals surface area (Å²) in [5.74, 6) is -1.13. The maximum Gasteiger partial charge on any atom is 0.420 e. The fourth-order valence-corrected chi connectivity index (χ4v) is 3.85. The van der Waals surface area contributed by atoms with Crippen molar-refractivity contribution in [1.29, 1.82) is 5.41 Å². The van der Waals surface area contributed by atoms with Gasteiger partial charge in [0.15, 0.2) is 6.29 Å². The van der Waals surface area contributed by atoms with Gasteiger partial charge < -0.3 is 10.4 Å². The number of hydrogen-bond acceptors (Lipinski definition) is 4. The van der Waals surface area contributed by atoms with Gasteiger partial charge in [0, 0.05) is 6.04 Å². The average molecular weight is 487 g/mol. The van der Waals surface area contributed by atoms with Gasteiger partial charge in [-0.25, -0.2) is 9.37 Å². The summed E-state index contributed by atoms with van der Waals surface area (Å²) in [6, 6.07) is 16.0. The molecule has 1 atom stereocenters. The number of rotatable bonds is 5. The van der Waals surface area contributed by atoms with Gasteiger partial charge in [-0.1, -0.05) is 36.8 Å². The number of hydrogen-bond donors (Lipinski definition) is 2. The quantitative estimate of drug-likeness (QED) is 0.256. The summed E-state index contributed by atoms with van der Waals surface area (Å²) in [7, 11) is 2.23. The summed E-state index contributed by atoms with van der Waals surface area (Å²) in [6.07, 6.45) is 1.15. The number of nitrogens with zero attached hydrogens (tertiary/aromatic N) is 2. The van der Waals surface area contributed by atoms with Crippen LogP contribution in [-0.4, -0.2) is 46.6 Å². The third-order valence-electron chi connectivity index (χ3n) is 5.68. The minimum atomic E-state index is -4.77. The van der Waals surface area contributed by atoms with Gasteiger partial charge in [0.25, 0.3) is 0 Å². The molecule has 0 spiro atoms. The van der Waals surface area contributed by atoms with Gasteiger partial charge in [0.05, 0.1) is 17.6 Å². The molecule has 5 nitrogen and oxygen atoms in total. The first kappa shape index (κ1) is 26.0. The van der Waals surface area contributed by atoms with Crippen LogP contribution < -0.4 is 0 Å². The van der Waals surface area contributed by atoms with E-state index in [0.717, 1.165) is 18.3 Å². The molecule has 2 aromatic carbocycles. The van der Waals surface area contributed by atoms with Gasteiger partial charge in [0.1, 0.15) is 17.2 Å². The fourth-order valence-electron chi connectivity index (χ4n) is 3.85. The van der Waals surface area contributed by atoms with Crippen LogP contribution in [0.25, 0.3) is 5.57 Å². The third kappa shape index (κ3) is 7.19. The number of imidazole rings is 1. The molecule has 184 valence electrons. The molecule has 3 aromatic rings. The maximum absolute atomic E-state index is 13.1. The summed E-state index contributed by atoms with van der Waals surface area (Å²) in [6.45, 7) is 1.25. The highest BCUT2D eigenvalue weighted by atomic mass is 19.4. The number of benzene rings is 2. The lowest BCUT2D eigenvalue weighted by molar-refractivity contribution is -0.0693. The Balaban J connectivity index is 0.000000223. The number of piperidine rings is 1. The molecule has 0 saturated carbocycles.